The molecule has 2 N–H and O–H groups in total. The summed E-state index contributed by atoms with van der Waals surface area (Å²) in [6, 6.07) is 4.93. The first kappa shape index (κ1) is 11.6. The zero-order chi connectivity index (χ0) is 12.4. The highest BCUT2D eigenvalue weighted by atomic mass is 32.1. The second kappa shape index (κ2) is 4.55. The van der Waals surface area contributed by atoms with Crippen molar-refractivity contribution in [3.05, 3.63) is 40.4 Å². The molecule has 1 aromatic carbocycles. The van der Waals surface area contributed by atoms with Crippen LogP contribution in [0.3, 0.4) is 0 Å². The molecule has 2 aromatic rings. The van der Waals surface area contributed by atoms with Crippen molar-refractivity contribution in [3.63, 3.8) is 0 Å². The van der Waals surface area contributed by atoms with Crippen LogP contribution in [0.15, 0.2) is 23.6 Å². The Morgan fingerprint density at radius 2 is 2.18 bits per heavy atom. The number of phenolic OH excluding ortho intramolecular Hbond substituents is 1. The number of aryl methyl sites for hydroxylation is 2. The number of hydrogen-bond acceptors (Lipinski definition) is 4. The third kappa shape index (κ3) is 2.62. The monoisotopic (exact) mass is 248 g/mol. The summed E-state index contributed by atoms with van der Waals surface area (Å²) in [5.74, 6) is -0.368. The summed E-state index contributed by atoms with van der Waals surface area (Å²) < 4.78 is 0. The van der Waals surface area contributed by atoms with Gasteiger partial charge in [-0.2, -0.15) is 0 Å². The van der Waals surface area contributed by atoms with E-state index in [9.17, 15) is 9.90 Å². The molecule has 1 heterocycles. The maximum absolute atomic E-state index is 11.9. The van der Waals surface area contributed by atoms with Crippen LogP contribution >= 0.6 is 11.3 Å². The van der Waals surface area contributed by atoms with Crippen LogP contribution in [-0.4, -0.2) is 16.0 Å². The largest absolute Gasteiger partial charge is 0.507 e. The fraction of sp³-hybridized carbons (Fsp3) is 0.167. The van der Waals surface area contributed by atoms with Crippen LogP contribution in [0, 0.1) is 13.8 Å². The molecular formula is C12H12N2O2S. The molecule has 1 aromatic heterocycles. The third-order valence-electron chi connectivity index (χ3n) is 2.24. The van der Waals surface area contributed by atoms with Gasteiger partial charge in [-0.25, -0.2) is 4.98 Å². The number of carbonyl (C=O) groups excluding carboxylic acids is 1. The number of aromatic hydroxyl groups is 1. The number of carbonyl (C=O) groups is 1. The summed E-state index contributed by atoms with van der Waals surface area (Å²) in [7, 11) is 0. The Balaban J connectivity index is 2.20. The van der Waals surface area contributed by atoms with Crippen molar-refractivity contribution in [2.75, 3.05) is 5.32 Å². The number of thiazole rings is 1. The molecule has 0 saturated carbocycles. The number of nitrogens with one attached hydrogen (secondary N) is 1. The van der Waals surface area contributed by atoms with Crippen molar-refractivity contribution in [3.8, 4) is 5.75 Å². The standard InChI is InChI=1S/C12H12N2O2S/c1-7-3-4-9(10(15)5-7)11(16)14-12-13-8(2)6-17-12/h3-6,15H,1-2H3,(H,13,14,16). The lowest BCUT2D eigenvalue weighted by Crippen LogP contribution is -2.11. The average molecular weight is 248 g/mol. The van der Waals surface area contributed by atoms with E-state index in [1.165, 1.54) is 11.3 Å². The van der Waals surface area contributed by atoms with Gasteiger partial charge in [0.15, 0.2) is 5.13 Å². The van der Waals surface area contributed by atoms with Gasteiger partial charge in [0.25, 0.3) is 5.91 Å². The number of nitrogens with zero attached hydrogens (tertiary/aromatic N) is 1. The van der Waals surface area contributed by atoms with Gasteiger partial charge in [0.05, 0.1) is 11.3 Å². The van der Waals surface area contributed by atoms with Crippen LogP contribution in [0.4, 0.5) is 5.13 Å². The molecule has 0 fully saturated rings. The van der Waals surface area contributed by atoms with Gasteiger partial charge in [0, 0.05) is 5.38 Å². The lowest BCUT2D eigenvalue weighted by molar-refractivity contribution is 0.102. The van der Waals surface area contributed by atoms with Gasteiger partial charge in [0.1, 0.15) is 5.75 Å². The molecule has 0 aliphatic rings. The third-order valence-corrected chi connectivity index (χ3v) is 3.11. The summed E-state index contributed by atoms with van der Waals surface area (Å²) in [5.41, 5.74) is 2.02. The predicted octanol–water partition coefficient (Wildman–Crippen LogP) is 2.72. The minimum absolute atomic E-state index is 0.0178. The second-order valence-electron chi connectivity index (χ2n) is 3.77. The lowest BCUT2D eigenvalue weighted by Gasteiger charge is -2.04. The van der Waals surface area contributed by atoms with E-state index in [-0.39, 0.29) is 17.2 Å². The van der Waals surface area contributed by atoms with Crippen molar-refractivity contribution in [1.29, 1.82) is 0 Å². The van der Waals surface area contributed by atoms with Crippen molar-refractivity contribution in [2.24, 2.45) is 0 Å². The molecule has 1 amide bonds. The molecule has 88 valence electrons. The normalized spacial score (nSPS) is 10.2. The summed E-state index contributed by atoms with van der Waals surface area (Å²) in [6.45, 7) is 3.71. The Morgan fingerprint density at radius 3 is 2.76 bits per heavy atom. The van der Waals surface area contributed by atoms with Crippen LogP contribution < -0.4 is 5.32 Å². The molecule has 0 atom stereocenters. The maximum Gasteiger partial charge on any atom is 0.261 e. The topological polar surface area (TPSA) is 62.2 Å². The molecule has 0 bridgehead atoms. The number of hydrogen-bond donors (Lipinski definition) is 2. The summed E-state index contributed by atoms with van der Waals surface area (Å²) in [6.07, 6.45) is 0. The van der Waals surface area contributed by atoms with E-state index in [4.69, 9.17) is 0 Å². The van der Waals surface area contributed by atoms with Gasteiger partial charge in [-0.05, 0) is 31.5 Å². The first-order chi connectivity index (χ1) is 8.06. The van der Waals surface area contributed by atoms with E-state index in [2.05, 4.69) is 10.3 Å². The van der Waals surface area contributed by atoms with E-state index in [1.54, 1.807) is 18.2 Å². The van der Waals surface area contributed by atoms with Crippen molar-refractivity contribution < 1.29 is 9.90 Å². The Bertz CT molecular complexity index is 563. The van der Waals surface area contributed by atoms with Crippen LogP contribution in [0.5, 0.6) is 5.75 Å². The molecule has 4 nitrogen and oxygen atoms in total. The van der Waals surface area contributed by atoms with Gasteiger partial charge >= 0.3 is 0 Å². The summed E-state index contributed by atoms with van der Waals surface area (Å²) in [5, 5.41) is 14.7. The van der Waals surface area contributed by atoms with Crippen LogP contribution in [0.2, 0.25) is 0 Å². The zero-order valence-corrected chi connectivity index (χ0v) is 10.3. The minimum Gasteiger partial charge on any atom is -0.507 e. The van der Waals surface area contributed by atoms with E-state index in [0.29, 0.717) is 5.13 Å². The molecule has 2 rings (SSSR count). The van der Waals surface area contributed by atoms with Gasteiger partial charge < -0.3 is 5.11 Å². The van der Waals surface area contributed by atoms with E-state index in [1.807, 2.05) is 19.2 Å². The molecule has 0 unspecified atom stereocenters. The number of amides is 1. The van der Waals surface area contributed by atoms with Gasteiger partial charge in [-0.15, -0.1) is 11.3 Å². The highest BCUT2D eigenvalue weighted by Gasteiger charge is 2.12. The maximum atomic E-state index is 11.9. The van der Waals surface area contributed by atoms with Crippen LogP contribution in [0.25, 0.3) is 0 Å². The highest BCUT2D eigenvalue weighted by molar-refractivity contribution is 7.13. The Labute approximate surface area is 103 Å². The lowest BCUT2D eigenvalue weighted by atomic mass is 10.1. The molecule has 0 radical (unpaired) electrons. The number of phenols is 1. The van der Waals surface area contributed by atoms with Gasteiger partial charge in [-0.3, -0.25) is 10.1 Å². The average Bonchev–Trinajstić information content (AvgIpc) is 2.63. The molecule has 5 heteroatoms. The predicted molar refractivity (Wildman–Crippen MR) is 67.6 cm³/mol. The number of rotatable bonds is 2. The SMILES string of the molecule is Cc1ccc(C(=O)Nc2nc(C)cs2)c(O)c1. The molecular weight excluding hydrogens is 236 g/mol. The molecule has 0 aliphatic heterocycles. The summed E-state index contributed by atoms with van der Waals surface area (Å²) >= 11 is 1.36. The van der Waals surface area contributed by atoms with Crippen molar-refractivity contribution >= 4 is 22.4 Å². The molecule has 0 saturated heterocycles. The van der Waals surface area contributed by atoms with Crippen molar-refractivity contribution in [2.45, 2.75) is 13.8 Å². The van der Waals surface area contributed by atoms with Crippen LogP contribution in [-0.2, 0) is 0 Å². The van der Waals surface area contributed by atoms with Crippen molar-refractivity contribution in [1.82, 2.24) is 4.98 Å². The first-order valence-corrected chi connectivity index (χ1v) is 5.97. The van der Waals surface area contributed by atoms with E-state index < -0.39 is 0 Å². The Morgan fingerprint density at radius 1 is 1.41 bits per heavy atom. The van der Waals surface area contributed by atoms with E-state index >= 15 is 0 Å². The quantitative estimate of drug-likeness (QED) is 0.859. The number of aromatic nitrogens is 1. The smallest absolute Gasteiger partial charge is 0.261 e. The zero-order valence-electron chi connectivity index (χ0n) is 9.52. The minimum atomic E-state index is -0.350. The number of anilines is 1. The highest BCUT2D eigenvalue weighted by Crippen LogP contribution is 2.21. The molecule has 17 heavy (non-hydrogen) atoms. The van der Waals surface area contributed by atoms with Crippen LogP contribution in [0.1, 0.15) is 21.6 Å². The summed E-state index contributed by atoms with van der Waals surface area (Å²) in [4.78, 5) is 16.0. The number of benzene rings is 1. The second-order valence-corrected chi connectivity index (χ2v) is 4.63. The van der Waals surface area contributed by atoms with Gasteiger partial charge in [0.2, 0.25) is 0 Å². The first-order valence-electron chi connectivity index (χ1n) is 5.09. The fourth-order valence-electron chi connectivity index (χ4n) is 1.41. The fourth-order valence-corrected chi connectivity index (χ4v) is 2.09. The Kier molecular flexibility index (Phi) is 3.10. The molecule has 0 spiro atoms. The van der Waals surface area contributed by atoms with E-state index in [0.717, 1.165) is 11.3 Å². The van der Waals surface area contributed by atoms with Gasteiger partial charge in [-0.1, -0.05) is 6.07 Å². The molecule has 0 aliphatic carbocycles. The Hall–Kier alpha value is -1.88.